The molecule has 2 fully saturated rings. The molecule has 0 saturated carbocycles. The Labute approximate surface area is 214 Å². The molecule has 35 heavy (non-hydrogen) atoms. The summed E-state index contributed by atoms with van der Waals surface area (Å²) in [5.41, 5.74) is 3.14. The number of carbonyl (C=O) groups is 1. The number of nitrogens with one attached hydrogen (secondary N) is 1. The number of amides is 1. The number of benzene rings is 1. The van der Waals surface area contributed by atoms with Gasteiger partial charge in [-0.15, -0.1) is 0 Å². The molecule has 2 aliphatic rings. The lowest BCUT2D eigenvalue weighted by molar-refractivity contribution is -0.135. The molecule has 1 unspecified atom stereocenters. The van der Waals surface area contributed by atoms with Crippen LogP contribution in [0.25, 0.3) is 11.2 Å². The molecule has 2 aromatic heterocycles. The number of aliphatic hydroxyl groups excluding tert-OH is 1. The van der Waals surface area contributed by atoms with Gasteiger partial charge in [-0.1, -0.05) is 29.3 Å². The fraction of sp³-hybridized carbons (Fsp3) is 0.500. The first-order valence-electron chi connectivity index (χ1n) is 11.9. The van der Waals surface area contributed by atoms with Crippen molar-refractivity contribution in [3.05, 3.63) is 45.7 Å². The lowest BCUT2D eigenvalue weighted by Crippen LogP contribution is -2.57. The molecule has 0 spiro atoms. The number of nitrogens with zero attached hydrogens (tertiary/aromatic N) is 6. The molecule has 186 valence electrons. The van der Waals surface area contributed by atoms with Crippen LogP contribution >= 0.6 is 23.2 Å². The minimum absolute atomic E-state index is 0.00624. The number of aliphatic hydroxyl groups is 1. The number of hydrogen-bond donors (Lipinski definition) is 2. The molecule has 1 aromatic carbocycles. The topological polar surface area (TPSA) is 99.4 Å². The van der Waals surface area contributed by atoms with Crippen LogP contribution in [0.2, 0.25) is 10.0 Å². The largest absolute Gasteiger partial charge is 0.392 e. The number of halogens is 2. The van der Waals surface area contributed by atoms with Crippen molar-refractivity contribution in [3.8, 4) is 0 Å². The van der Waals surface area contributed by atoms with Gasteiger partial charge in [0.25, 0.3) is 0 Å². The van der Waals surface area contributed by atoms with Crippen LogP contribution < -0.4 is 10.2 Å². The highest BCUT2D eigenvalue weighted by Crippen LogP contribution is 2.31. The van der Waals surface area contributed by atoms with E-state index in [0.717, 1.165) is 22.6 Å². The van der Waals surface area contributed by atoms with E-state index in [1.54, 1.807) is 12.3 Å². The molecule has 2 aliphatic heterocycles. The van der Waals surface area contributed by atoms with Gasteiger partial charge in [0.1, 0.15) is 11.3 Å². The summed E-state index contributed by atoms with van der Waals surface area (Å²) in [5, 5.41) is 18.8. The second kappa shape index (κ2) is 9.54. The quantitative estimate of drug-likeness (QED) is 0.548. The van der Waals surface area contributed by atoms with E-state index in [-0.39, 0.29) is 24.0 Å². The van der Waals surface area contributed by atoms with Gasteiger partial charge >= 0.3 is 0 Å². The average molecular weight is 518 g/mol. The van der Waals surface area contributed by atoms with Crippen molar-refractivity contribution >= 4 is 46.1 Å². The number of rotatable bonds is 4. The third-order valence-corrected chi connectivity index (χ3v) is 7.54. The lowest BCUT2D eigenvalue weighted by atomic mass is 10.1. The molecular formula is C24H29Cl2N7O2. The Kier molecular flexibility index (Phi) is 6.61. The van der Waals surface area contributed by atoms with Gasteiger partial charge in [0, 0.05) is 42.3 Å². The summed E-state index contributed by atoms with van der Waals surface area (Å²) >= 11 is 12.6. The van der Waals surface area contributed by atoms with Gasteiger partial charge in [-0.25, -0.2) is 14.6 Å². The van der Waals surface area contributed by atoms with E-state index in [4.69, 9.17) is 33.3 Å². The smallest absolute Gasteiger partial charge is 0.240 e. The first-order chi connectivity index (χ1) is 16.7. The fourth-order valence-corrected chi connectivity index (χ4v) is 5.60. The average Bonchev–Trinajstić information content (AvgIpc) is 3.41. The standard InChI is InChI=1S/C24H29Cl2N7O2/c1-13-12-31(6-7-32(13)24(35)20-9-17(34)10-27-20)21-11-28-22-14(2)30-33(23(22)29-21)15(3)18-5-4-16(25)8-19(18)26/h4-5,8,11,13,15,17,20,27,34H,6-7,9-10,12H2,1-3H3/t13-,15?,17+,20-/m1/s1. The third kappa shape index (κ3) is 4.58. The third-order valence-electron chi connectivity index (χ3n) is 6.98. The molecule has 4 atom stereocenters. The Morgan fingerprint density at radius 1 is 1.29 bits per heavy atom. The summed E-state index contributed by atoms with van der Waals surface area (Å²) in [7, 11) is 0. The van der Waals surface area contributed by atoms with Crippen molar-refractivity contribution in [2.24, 2.45) is 0 Å². The predicted octanol–water partition coefficient (Wildman–Crippen LogP) is 2.81. The monoisotopic (exact) mass is 517 g/mol. The first kappa shape index (κ1) is 24.2. The molecule has 3 aromatic rings. The molecule has 2 N–H and O–H groups in total. The van der Waals surface area contributed by atoms with E-state index in [9.17, 15) is 9.90 Å². The maximum absolute atomic E-state index is 13.0. The van der Waals surface area contributed by atoms with Crippen LogP contribution in [-0.2, 0) is 4.79 Å². The van der Waals surface area contributed by atoms with Gasteiger partial charge in [-0.05, 0) is 44.9 Å². The second-order valence-corrected chi connectivity index (χ2v) is 10.3. The Morgan fingerprint density at radius 2 is 2.09 bits per heavy atom. The number of aromatic nitrogens is 4. The van der Waals surface area contributed by atoms with Crippen molar-refractivity contribution in [2.75, 3.05) is 31.1 Å². The number of carbonyl (C=O) groups excluding carboxylic acids is 1. The van der Waals surface area contributed by atoms with Crippen LogP contribution in [0.5, 0.6) is 0 Å². The molecule has 0 radical (unpaired) electrons. The molecule has 1 amide bonds. The molecule has 5 rings (SSSR count). The van der Waals surface area contributed by atoms with Crippen LogP contribution in [0.15, 0.2) is 24.4 Å². The van der Waals surface area contributed by atoms with Crippen LogP contribution in [-0.4, -0.2) is 80.0 Å². The maximum atomic E-state index is 13.0. The first-order valence-corrected chi connectivity index (χ1v) is 12.6. The number of β-amino-alcohol motifs (C(OH)–C–C–N with tert-alkyl or cyclic N) is 1. The minimum atomic E-state index is -0.457. The summed E-state index contributed by atoms with van der Waals surface area (Å²) in [4.78, 5) is 26.6. The van der Waals surface area contributed by atoms with Gasteiger partial charge in [0.2, 0.25) is 5.91 Å². The molecular weight excluding hydrogens is 489 g/mol. The number of hydrogen-bond acceptors (Lipinski definition) is 7. The Hall–Kier alpha value is -2.46. The summed E-state index contributed by atoms with van der Waals surface area (Å²) in [5.74, 6) is 0.805. The van der Waals surface area contributed by atoms with Crippen LogP contribution in [0.3, 0.4) is 0 Å². The summed E-state index contributed by atoms with van der Waals surface area (Å²) in [6, 6.07) is 4.99. The number of anilines is 1. The molecule has 9 nitrogen and oxygen atoms in total. The van der Waals surface area contributed by atoms with Gasteiger partial charge in [0.05, 0.1) is 30.1 Å². The Balaban J connectivity index is 1.38. The Morgan fingerprint density at radius 3 is 2.77 bits per heavy atom. The molecule has 2 saturated heterocycles. The summed E-state index contributed by atoms with van der Waals surface area (Å²) in [6.45, 7) is 8.33. The van der Waals surface area contributed by atoms with Gasteiger partial charge in [0.15, 0.2) is 5.65 Å². The van der Waals surface area contributed by atoms with Crippen molar-refractivity contribution in [3.63, 3.8) is 0 Å². The van der Waals surface area contributed by atoms with Crippen molar-refractivity contribution in [1.82, 2.24) is 30.0 Å². The van der Waals surface area contributed by atoms with E-state index in [0.29, 0.717) is 48.3 Å². The summed E-state index contributed by atoms with van der Waals surface area (Å²) in [6.07, 6.45) is 1.79. The van der Waals surface area contributed by atoms with E-state index >= 15 is 0 Å². The minimum Gasteiger partial charge on any atom is -0.392 e. The van der Waals surface area contributed by atoms with Gasteiger partial charge in [-0.2, -0.15) is 5.10 Å². The van der Waals surface area contributed by atoms with Crippen molar-refractivity contribution in [1.29, 1.82) is 0 Å². The highest BCUT2D eigenvalue weighted by Gasteiger charge is 2.36. The SMILES string of the molecule is Cc1nn(C(C)c2ccc(Cl)cc2Cl)c2nc(N3CCN(C(=O)[C@H]4C[C@H](O)CN4)[C@H](C)C3)cnc12. The highest BCUT2D eigenvalue weighted by molar-refractivity contribution is 6.35. The number of aryl methyl sites for hydroxylation is 1. The summed E-state index contributed by atoms with van der Waals surface area (Å²) < 4.78 is 1.86. The number of fused-ring (bicyclic) bond motifs is 1. The van der Waals surface area contributed by atoms with Crippen LogP contribution in [0.4, 0.5) is 5.82 Å². The highest BCUT2D eigenvalue weighted by atomic mass is 35.5. The normalized spacial score (nSPS) is 23.8. The van der Waals surface area contributed by atoms with E-state index < -0.39 is 6.10 Å². The van der Waals surface area contributed by atoms with Crippen molar-refractivity contribution < 1.29 is 9.90 Å². The van der Waals surface area contributed by atoms with Crippen molar-refractivity contribution in [2.45, 2.75) is 51.4 Å². The zero-order chi connectivity index (χ0) is 24.9. The predicted molar refractivity (Wildman–Crippen MR) is 136 cm³/mol. The van der Waals surface area contributed by atoms with Crippen LogP contribution in [0, 0.1) is 6.92 Å². The Bertz CT molecular complexity index is 1270. The van der Waals surface area contributed by atoms with Gasteiger partial charge < -0.3 is 20.2 Å². The van der Waals surface area contributed by atoms with E-state index in [2.05, 4.69) is 15.2 Å². The molecule has 0 bridgehead atoms. The number of piperazine rings is 1. The molecule has 4 heterocycles. The molecule has 0 aliphatic carbocycles. The van der Waals surface area contributed by atoms with Crippen LogP contribution in [0.1, 0.15) is 37.6 Å². The van der Waals surface area contributed by atoms with Gasteiger partial charge in [-0.3, -0.25) is 4.79 Å². The maximum Gasteiger partial charge on any atom is 0.240 e. The fourth-order valence-electron chi connectivity index (χ4n) is 5.03. The second-order valence-electron chi connectivity index (χ2n) is 9.45. The van der Waals surface area contributed by atoms with E-state index in [1.165, 1.54) is 0 Å². The lowest BCUT2D eigenvalue weighted by Gasteiger charge is -2.41. The zero-order valence-electron chi connectivity index (χ0n) is 19.9. The molecule has 11 heteroatoms. The van der Waals surface area contributed by atoms with E-state index in [1.807, 2.05) is 42.5 Å². The zero-order valence-corrected chi connectivity index (χ0v) is 21.5.